The molecule has 144 valence electrons. The average Bonchev–Trinajstić information content (AvgIpc) is 2.66. The summed E-state index contributed by atoms with van der Waals surface area (Å²) in [4.78, 5) is 24.1. The molecule has 0 bridgehead atoms. The van der Waals surface area contributed by atoms with Crippen LogP contribution >= 0.6 is 15.9 Å². The van der Waals surface area contributed by atoms with E-state index in [1.807, 2.05) is 25.1 Å². The van der Waals surface area contributed by atoms with Crippen LogP contribution in [0.1, 0.15) is 42.6 Å². The Kier molecular flexibility index (Phi) is 8.33. The molecule has 0 aliphatic carbocycles. The van der Waals surface area contributed by atoms with Gasteiger partial charge in [-0.05, 0) is 64.7 Å². The minimum absolute atomic E-state index is 0.129. The predicted molar refractivity (Wildman–Crippen MR) is 109 cm³/mol. The second-order valence-corrected chi connectivity index (χ2v) is 6.92. The van der Waals surface area contributed by atoms with Crippen LogP contribution in [0.15, 0.2) is 46.9 Å². The quantitative estimate of drug-likeness (QED) is 0.565. The summed E-state index contributed by atoms with van der Waals surface area (Å²) in [5, 5.41) is 2.73. The highest BCUT2D eigenvalue weighted by atomic mass is 79.9. The zero-order chi connectivity index (χ0) is 19.6. The summed E-state index contributed by atoms with van der Waals surface area (Å²) in [7, 11) is 0. The third-order valence-electron chi connectivity index (χ3n) is 3.71. The zero-order valence-corrected chi connectivity index (χ0v) is 17.2. The molecule has 2 rings (SSSR count). The van der Waals surface area contributed by atoms with Crippen molar-refractivity contribution < 1.29 is 19.1 Å². The Bertz CT molecular complexity index is 792. The number of amides is 1. The van der Waals surface area contributed by atoms with Crippen LogP contribution < -0.4 is 10.1 Å². The van der Waals surface area contributed by atoms with Gasteiger partial charge in [-0.25, -0.2) is 4.79 Å². The summed E-state index contributed by atoms with van der Waals surface area (Å²) in [5.41, 5.74) is 2.14. The lowest BCUT2D eigenvalue weighted by atomic mass is 10.1. The lowest BCUT2D eigenvalue weighted by Crippen LogP contribution is -2.20. The van der Waals surface area contributed by atoms with Gasteiger partial charge in [-0.2, -0.15) is 0 Å². The molecule has 27 heavy (non-hydrogen) atoms. The molecule has 5 nitrogen and oxygen atoms in total. The van der Waals surface area contributed by atoms with E-state index in [0.29, 0.717) is 23.6 Å². The highest BCUT2D eigenvalue weighted by Crippen LogP contribution is 2.26. The summed E-state index contributed by atoms with van der Waals surface area (Å²) < 4.78 is 11.5. The molecule has 1 amide bonds. The second kappa shape index (κ2) is 10.7. The summed E-state index contributed by atoms with van der Waals surface area (Å²) >= 11 is 3.47. The van der Waals surface area contributed by atoms with E-state index in [2.05, 4.69) is 28.2 Å². The minimum atomic E-state index is -0.403. The van der Waals surface area contributed by atoms with Crippen LogP contribution in [0.5, 0.6) is 5.75 Å². The molecule has 0 spiro atoms. The van der Waals surface area contributed by atoms with E-state index < -0.39 is 5.97 Å². The molecule has 1 N–H and O–H groups in total. The molecule has 0 aliphatic rings. The van der Waals surface area contributed by atoms with E-state index in [9.17, 15) is 9.59 Å². The van der Waals surface area contributed by atoms with Gasteiger partial charge in [0.1, 0.15) is 5.75 Å². The van der Waals surface area contributed by atoms with E-state index >= 15 is 0 Å². The minimum Gasteiger partial charge on any atom is -0.483 e. The maximum Gasteiger partial charge on any atom is 0.338 e. The van der Waals surface area contributed by atoms with Gasteiger partial charge in [0, 0.05) is 5.69 Å². The molecule has 6 heteroatoms. The molecule has 0 unspecified atom stereocenters. The topological polar surface area (TPSA) is 64.6 Å². The van der Waals surface area contributed by atoms with Gasteiger partial charge < -0.3 is 14.8 Å². The number of hydrogen-bond acceptors (Lipinski definition) is 4. The number of ether oxygens (including phenoxy) is 2. The summed E-state index contributed by atoms with van der Waals surface area (Å²) in [5.74, 6) is -0.0965. The molecule has 2 aromatic carbocycles. The van der Waals surface area contributed by atoms with Gasteiger partial charge in [-0.15, -0.1) is 0 Å². The van der Waals surface area contributed by atoms with E-state index in [0.717, 1.165) is 23.7 Å². The van der Waals surface area contributed by atoms with Gasteiger partial charge in [0.2, 0.25) is 0 Å². The highest BCUT2D eigenvalue weighted by Gasteiger charge is 2.10. The van der Waals surface area contributed by atoms with E-state index in [4.69, 9.17) is 9.47 Å². The molecule has 0 aliphatic heterocycles. The Morgan fingerprint density at radius 1 is 1.07 bits per heavy atom. The van der Waals surface area contributed by atoms with Gasteiger partial charge in [-0.1, -0.05) is 32.4 Å². The SMILES string of the molecule is CCCOC(=O)c1cccc(NC(=O)COc2ccc(CCC)cc2Br)c1. The van der Waals surface area contributed by atoms with Crippen LogP contribution in [-0.2, 0) is 16.0 Å². The number of esters is 1. The predicted octanol–water partition coefficient (Wildman–Crippen LogP) is 4.99. The molecule has 0 atom stereocenters. The van der Waals surface area contributed by atoms with Crippen molar-refractivity contribution in [1.29, 1.82) is 0 Å². The van der Waals surface area contributed by atoms with Crippen LogP contribution in [0.25, 0.3) is 0 Å². The molecule has 0 saturated heterocycles. The van der Waals surface area contributed by atoms with Gasteiger partial charge >= 0.3 is 5.97 Å². The third kappa shape index (κ3) is 6.71. The van der Waals surface area contributed by atoms with Crippen LogP contribution in [0.2, 0.25) is 0 Å². The van der Waals surface area contributed by atoms with Crippen LogP contribution in [0.3, 0.4) is 0 Å². The number of halogens is 1. The smallest absolute Gasteiger partial charge is 0.338 e. The van der Waals surface area contributed by atoms with E-state index in [1.165, 1.54) is 5.56 Å². The summed E-state index contributed by atoms with van der Waals surface area (Å²) in [6, 6.07) is 12.5. The number of carbonyl (C=O) groups is 2. The number of carbonyl (C=O) groups excluding carboxylic acids is 2. The lowest BCUT2D eigenvalue weighted by Gasteiger charge is -2.11. The Hall–Kier alpha value is -2.34. The standard InChI is InChI=1S/C21H24BrNO4/c1-3-6-15-9-10-19(18(22)12-15)27-14-20(24)23-17-8-5-7-16(13-17)21(25)26-11-4-2/h5,7-10,12-13H,3-4,6,11,14H2,1-2H3,(H,23,24). The van der Waals surface area contributed by atoms with Crippen molar-refractivity contribution >= 4 is 33.5 Å². The van der Waals surface area contributed by atoms with Gasteiger partial charge in [0.05, 0.1) is 16.6 Å². The Morgan fingerprint density at radius 2 is 1.89 bits per heavy atom. The first-order chi connectivity index (χ1) is 13.0. The van der Waals surface area contributed by atoms with Crippen molar-refractivity contribution in [3.8, 4) is 5.75 Å². The fourth-order valence-electron chi connectivity index (χ4n) is 2.45. The number of anilines is 1. The summed E-state index contributed by atoms with van der Waals surface area (Å²) in [6.45, 7) is 4.30. The molecular weight excluding hydrogens is 410 g/mol. The monoisotopic (exact) mass is 433 g/mol. The van der Waals surface area contributed by atoms with Gasteiger partial charge in [0.15, 0.2) is 6.61 Å². The first-order valence-corrected chi connectivity index (χ1v) is 9.81. The molecular formula is C21H24BrNO4. The third-order valence-corrected chi connectivity index (χ3v) is 4.33. The largest absolute Gasteiger partial charge is 0.483 e. The number of benzene rings is 2. The van der Waals surface area contributed by atoms with Crippen molar-refractivity contribution in [2.24, 2.45) is 0 Å². The maximum atomic E-state index is 12.2. The highest BCUT2D eigenvalue weighted by molar-refractivity contribution is 9.10. The van der Waals surface area contributed by atoms with Crippen molar-refractivity contribution in [2.45, 2.75) is 33.1 Å². The molecule has 0 aromatic heterocycles. The first kappa shape index (κ1) is 21.0. The first-order valence-electron chi connectivity index (χ1n) is 9.01. The van der Waals surface area contributed by atoms with Crippen LogP contribution in [0.4, 0.5) is 5.69 Å². The van der Waals surface area contributed by atoms with Crippen LogP contribution in [0, 0.1) is 0 Å². The molecule has 0 fully saturated rings. The maximum absolute atomic E-state index is 12.2. The molecule has 0 saturated carbocycles. The average molecular weight is 434 g/mol. The summed E-state index contributed by atoms with van der Waals surface area (Å²) in [6.07, 6.45) is 2.82. The number of aryl methyl sites for hydroxylation is 1. The molecule has 0 heterocycles. The Morgan fingerprint density at radius 3 is 2.59 bits per heavy atom. The van der Waals surface area contributed by atoms with E-state index in [1.54, 1.807) is 24.3 Å². The molecule has 2 aromatic rings. The van der Waals surface area contributed by atoms with Crippen molar-refractivity contribution in [3.63, 3.8) is 0 Å². The Balaban J connectivity index is 1.91. The number of nitrogens with one attached hydrogen (secondary N) is 1. The Labute approximate surface area is 168 Å². The fraction of sp³-hybridized carbons (Fsp3) is 0.333. The van der Waals surface area contributed by atoms with Crippen molar-refractivity contribution in [2.75, 3.05) is 18.5 Å². The van der Waals surface area contributed by atoms with Crippen molar-refractivity contribution in [3.05, 3.63) is 58.1 Å². The normalized spacial score (nSPS) is 10.3. The van der Waals surface area contributed by atoms with Gasteiger partial charge in [-0.3, -0.25) is 4.79 Å². The lowest BCUT2D eigenvalue weighted by molar-refractivity contribution is -0.118. The van der Waals surface area contributed by atoms with Crippen LogP contribution in [-0.4, -0.2) is 25.1 Å². The second-order valence-electron chi connectivity index (χ2n) is 6.07. The van der Waals surface area contributed by atoms with Crippen molar-refractivity contribution in [1.82, 2.24) is 0 Å². The number of hydrogen-bond donors (Lipinski definition) is 1. The fourth-order valence-corrected chi connectivity index (χ4v) is 2.99. The number of rotatable bonds is 9. The van der Waals surface area contributed by atoms with Gasteiger partial charge in [0.25, 0.3) is 5.91 Å². The molecule has 0 radical (unpaired) electrons. The zero-order valence-electron chi connectivity index (χ0n) is 15.6. The van der Waals surface area contributed by atoms with E-state index in [-0.39, 0.29) is 12.5 Å².